The summed E-state index contributed by atoms with van der Waals surface area (Å²) in [5.41, 5.74) is 1.13. The van der Waals surface area contributed by atoms with Gasteiger partial charge in [0, 0.05) is 5.56 Å². The van der Waals surface area contributed by atoms with E-state index < -0.39 is 7.82 Å². The summed E-state index contributed by atoms with van der Waals surface area (Å²) in [6, 6.07) is 14.9. The van der Waals surface area contributed by atoms with Gasteiger partial charge in [-0.05, 0) is 60.3 Å². The second-order valence-corrected chi connectivity index (χ2v) is 10.9. The fourth-order valence-corrected chi connectivity index (χ4v) is 6.90. The van der Waals surface area contributed by atoms with Crippen LogP contribution in [0.25, 0.3) is 11.8 Å². The first-order valence-electron chi connectivity index (χ1n) is 10.5. The average molecular weight is 426 g/mol. The number of phosphoric acid groups is 1. The minimum absolute atomic E-state index is 0.0959. The van der Waals surface area contributed by atoms with Gasteiger partial charge in [0.1, 0.15) is 17.3 Å². The number of phosphoric ester groups is 1. The van der Waals surface area contributed by atoms with Crippen molar-refractivity contribution in [3.63, 3.8) is 0 Å². The Kier molecular flexibility index (Phi) is 4.45. The third-order valence-corrected chi connectivity index (χ3v) is 8.07. The zero-order chi connectivity index (χ0) is 21.1. The van der Waals surface area contributed by atoms with Crippen LogP contribution in [0.4, 0.5) is 0 Å². The molecule has 2 aliphatic carbocycles. The third kappa shape index (κ3) is 3.20. The van der Waals surface area contributed by atoms with Gasteiger partial charge in [0.15, 0.2) is 0 Å². The highest BCUT2D eigenvalue weighted by molar-refractivity contribution is 7.47. The molecule has 5 nitrogen and oxygen atoms in total. The molecule has 2 aromatic rings. The molecule has 1 aliphatic heterocycles. The molecule has 5 rings (SSSR count). The maximum absolute atomic E-state index is 13.2. The molecule has 2 fully saturated rings. The third-order valence-electron chi connectivity index (χ3n) is 7.17. The first kappa shape index (κ1) is 19.9. The van der Waals surface area contributed by atoms with Gasteiger partial charge < -0.3 is 9.26 Å². The van der Waals surface area contributed by atoms with E-state index in [2.05, 4.69) is 20.8 Å². The van der Waals surface area contributed by atoms with Crippen molar-refractivity contribution < 1.29 is 23.2 Å². The van der Waals surface area contributed by atoms with Crippen LogP contribution in [0.2, 0.25) is 0 Å². The Labute approximate surface area is 177 Å². The number of hydrogen-bond donors (Lipinski definition) is 1. The maximum atomic E-state index is 13.2. The average Bonchev–Trinajstić information content (AvgIpc) is 3.11. The molecule has 0 radical (unpaired) electrons. The van der Waals surface area contributed by atoms with Gasteiger partial charge in [0.05, 0.1) is 11.7 Å². The van der Waals surface area contributed by atoms with Crippen molar-refractivity contribution in [1.82, 2.24) is 0 Å². The van der Waals surface area contributed by atoms with Gasteiger partial charge in [-0.3, -0.25) is 9.42 Å². The molecule has 0 aromatic heterocycles. The van der Waals surface area contributed by atoms with Crippen LogP contribution in [0.15, 0.2) is 48.5 Å². The number of rotatable bonds is 4. The molecule has 0 saturated heterocycles. The van der Waals surface area contributed by atoms with E-state index in [1.54, 1.807) is 6.08 Å². The van der Waals surface area contributed by atoms with E-state index in [0.717, 1.165) is 24.8 Å². The van der Waals surface area contributed by atoms with E-state index in [0.29, 0.717) is 23.0 Å². The summed E-state index contributed by atoms with van der Waals surface area (Å²) in [6.45, 7) is 6.44. The predicted octanol–water partition coefficient (Wildman–Crippen LogP) is 6.64. The van der Waals surface area contributed by atoms with Gasteiger partial charge in [-0.1, -0.05) is 51.1 Å². The van der Waals surface area contributed by atoms with Crippen molar-refractivity contribution in [3.05, 3.63) is 59.7 Å². The van der Waals surface area contributed by atoms with E-state index in [-0.39, 0.29) is 22.7 Å². The van der Waals surface area contributed by atoms with Gasteiger partial charge >= 0.3 is 7.82 Å². The minimum atomic E-state index is -4.37. The Morgan fingerprint density at radius 1 is 1.07 bits per heavy atom. The molecule has 0 spiro atoms. The van der Waals surface area contributed by atoms with Gasteiger partial charge in [-0.15, -0.1) is 0 Å². The Balaban J connectivity index is 1.48. The van der Waals surface area contributed by atoms with Crippen LogP contribution in [0.5, 0.6) is 11.5 Å². The number of para-hydroxylation sites is 2. The van der Waals surface area contributed by atoms with Gasteiger partial charge in [0.25, 0.3) is 0 Å². The summed E-state index contributed by atoms with van der Waals surface area (Å²) < 4.78 is 30.9. The molecule has 0 amide bonds. The molecule has 2 saturated carbocycles. The van der Waals surface area contributed by atoms with E-state index in [4.69, 9.17) is 13.8 Å². The second kappa shape index (κ2) is 6.71. The largest absolute Gasteiger partial charge is 0.527 e. The number of fused-ring (bicyclic) bond motifs is 4. The van der Waals surface area contributed by atoms with E-state index in [1.807, 2.05) is 48.5 Å². The SMILES string of the molecule is CC1(C)[C@@H]2CC[C@@](C)(C2)[C@@H]1OP(=O)(O)OC1=Cc2ccccc2Oc2ccccc21. The Morgan fingerprint density at radius 3 is 2.50 bits per heavy atom. The highest BCUT2D eigenvalue weighted by Gasteiger charge is 2.62. The quantitative estimate of drug-likeness (QED) is 0.555. The van der Waals surface area contributed by atoms with Crippen LogP contribution >= 0.6 is 7.82 Å². The second-order valence-electron chi connectivity index (χ2n) is 9.61. The Morgan fingerprint density at radius 2 is 1.77 bits per heavy atom. The molecule has 1 unspecified atom stereocenters. The normalized spacial score (nSPS) is 30.3. The van der Waals surface area contributed by atoms with Crippen LogP contribution in [0.3, 0.4) is 0 Å². The number of ether oxygens (including phenoxy) is 1. The molecule has 2 aromatic carbocycles. The van der Waals surface area contributed by atoms with Crippen LogP contribution in [-0.2, 0) is 13.6 Å². The minimum Gasteiger partial charge on any atom is -0.456 e. The van der Waals surface area contributed by atoms with Crippen molar-refractivity contribution in [2.75, 3.05) is 0 Å². The fraction of sp³-hybridized carbons (Fsp3) is 0.417. The lowest BCUT2D eigenvalue weighted by Crippen LogP contribution is -2.41. The lowest BCUT2D eigenvalue weighted by Gasteiger charge is -2.42. The topological polar surface area (TPSA) is 65.0 Å². The van der Waals surface area contributed by atoms with Crippen molar-refractivity contribution in [2.45, 2.75) is 46.1 Å². The first-order valence-corrected chi connectivity index (χ1v) is 12.0. The summed E-state index contributed by atoms with van der Waals surface area (Å²) in [6.07, 6.45) is 4.59. The molecule has 6 heteroatoms. The number of hydrogen-bond acceptors (Lipinski definition) is 4. The smallest absolute Gasteiger partial charge is 0.456 e. The van der Waals surface area contributed by atoms with Gasteiger partial charge in [-0.2, -0.15) is 0 Å². The van der Waals surface area contributed by atoms with Crippen molar-refractivity contribution >= 4 is 19.7 Å². The first-order chi connectivity index (χ1) is 14.2. The molecule has 1 N–H and O–H groups in total. The lowest BCUT2D eigenvalue weighted by molar-refractivity contribution is -0.0317. The highest BCUT2D eigenvalue weighted by atomic mass is 31.2. The van der Waals surface area contributed by atoms with Crippen molar-refractivity contribution in [3.8, 4) is 11.5 Å². The van der Waals surface area contributed by atoms with Crippen molar-refractivity contribution in [2.24, 2.45) is 16.7 Å². The van der Waals surface area contributed by atoms with Gasteiger partial charge in [-0.25, -0.2) is 4.57 Å². The molecular formula is C24H27O5P. The summed E-state index contributed by atoms with van der Waals surface area (Å²) >= 11 is 0. The lowest BCUT2D eigenvalue weighted by atomic mass is 9.70. The van der Waals surface area contributed by atoms with Crippen LogP contribution in [0, 0.1) is 16.7 Å². The molecule has 158 valence electrons. The van der Waals surface area contributed by atoms with Gasteiger partial charge in [0.2, 0.25) is 0 Å². The van der Waals surface area contributed by atoms with Crippen LogP contribution < -0.4 is 4.74 Å². The highest BCUT2D eigenvalue weighted by Crippen LogP contribution is 2.67. The monoisotopic (exact) mass is 426 g/mol. The molecule has 4 atom stereocenters. The Bertz CT molecular complexity index is 1070. The summed E-state index contributed by atoms with van der Waals surface area (Å²) in [5.74, 6) is 2.01. The molecule has 2 bridgehead atoms. The van der Waals surface area contributed by atoms with Crippen LogP contribution in [-0.4, -0.2) is 11.0 Å². The molecular weight excluding hydrogens is 399 g/mol. The summed E-state index contributed by atoms with van der Waals surface area (Å²) in [4.78, 5) is 10.8. The van der Waals surface area contributed by atoms with E-state index in [1.165, 1.54) is 0 Å². The Hall–Kier alpha value is -2.07. The zero-order valence-corrected chi connectivity index (χ0v) is 18.4. The molecule has 1 heterocycles. The number of benzene rings is 2. The van der Waals surface area contributed by atoms with E-state index in [9.17, 15) is 9.46 Å². The molecule has 3 aliphatic rings. The van der Waals surface area contributed by atoms with Crippen LogP contribution in [0.1, 0.15) is 51.2 Å². The molecule has 30 heavy (non-hydrogen) atoms. The van der Waals surface area contributed by atoms with Crippen molar-refractivity contribution in [1.29, 1.82) is 0 Å². The maximum Gasteiger partial charge on any atom is 0.527 e. The standard InChI is InChI=1S/C24H27O5P/c1-23(2)17-12-13-24(3,15-17)22(23)29-30(25,26)28-21-14-16-8-4-6-10-19(16)27-20-11-7-5-9-18(20)21/h4-11,14,17,22H,12-13,15H2,1-3H3,(H,25,26)/t17-,22-,24+/m1/s1. The fourth-order valence-electron chi connectivity index (χ4n) is 5.66. The predicted molar refractivity (Wildman–Crippen MR) is 116 cm³/mol. The summed E-state index contributed by atoms with van der Waals surface area (Å²) in [5, 5.41) is 0. The van der Waals surface area contributed by atoms with E-state index >= 15 is 0 Å². The zero-order valence-electron chi connectivity index (χ0n) is 17.5. The summed E-state index contributed by atoms with van der Waals surface area (Å²) in [7, 11) is -4.37.